The Bertz CT molecular complexity index is 1050. The van der Waals surface area contributed by atoms with Crippen LogP contribution in [0.3, 0.4) is 0 Å². The summed E-state index contributed by atoms with van der Waals surface area (Å²) in [6.07, 6.45) is 1.72. The van der Waals surface area contributed by atoms with Gasteiger partial charge in [0.25, 0.3) is 5.56 Å². The fraction of sp³-hybridized carbons (Fsp3) is 0.190. The Morgan fingerprint density at radius 3 is 2.25 bits per heavy atom. The fourth-order valence-corrected chi connectivity index (χ4v) is 4.24. The number of aromatic amines is 1. The van der Waals surface area contributed by atoms with Gasteiger partial charge < -0.3 is 10.1 Å². The molecule has 1 atom stereocenters. The van der Waals surface area contributed by atoms with E-state index in [0.717, 1.165) is 53.2 Å². The zero-order valence-electron chi connectivity index (χ0n) is 15.3. The van der Waals surface area contributed by atoms with E-state index in [-0.39, 0.29) is 16.9 Å². The molecule has 0 saturated heterocycles. The molecule has 2 heterocycles. The number of hydrogen-bond donors (Lipinski definition) is 2. The summed E-state index contributed by atoms with van der Waals surface area (Å²) in [6, 6.07) is 16.8. The number of fused-ring (bicyclic) bond motifs is 2. The highest BCUT2D eigenvalue weighted by Crippen LogP contribution is 2.37. The number of amides is 1. The number of carbonyl (C=O) groups excluding carboxylic acids is 1. The van der Waals surface area contributed by atoms with Crippen molar-refractivity contribution in [3.05, 3.63) is 76.1 Å². The van der Waals surface area contributed by atoms with Crippen LogP contribution in [0.15, 0.2) is 64.5 Å². The van der Waals surface area contributed by atoms with Gasteiger partial charge in [0.15, 0.2) is 5.16 Å². The molecule has 28 heavy (non-hydrogen) atoms. The van der Waals surface area contributed by atoms with Gasteiger partial charge in [0.05, 0.1) is 22.7 Å². The number of nitrogens with zero attached hydrogens (tertiary/aromatic N) is 2. The number of aromatic nitrogens is 2. The molecule has 0 spiro atoms. The Morgan fingerprint density at radius 1 is 1.11 bits per heavy atom. The maximum absolute atomic E-state index is 13.5. The zero-order chi connectivity index (χ0) is 19.7. The molecule has 1 amide bonds. The van der Waals surface area contributed by atoms with Crippen LogP contribution < -0.4 is 10.5 Å². The Balaban J connectivity index is 1.72. The Hall–Kier alpha value is -3.06. The minimum atomic E-state index is -0.524. The fourth-order valence-electron chi connectivity index (χ4n) is 3.40. The van der Waals surface area contributed by atoms with Crippen molar-refractivity contribution in [2.45, 2.75) is 30.2 Å². The summed E-state index contributed by atoms with van der Waals surface area (Å²) in [5, 5.41) is 9.24. The molecular formula is C21H19N3O3S. The number of rotatable bonds is 3. The quantitative estimate of drug-likeness (QED) is 0.526. The smallest absolute Gasteiger partial charge is 0.255 e. The number of thioether (sulfide) groups is 1. The van der Waals surface area contributed by atoms with E-state index in [1.165, 1.54) is 0 Å². The van der Waals surface area contributed by atoms with E-state index in [1.54, 1.807) is 11.8 Å². The lowest BCUT2D eigenvalue weighted by molar-refractivity contribution is -0.117. The van der Waals surface area contributed by atoms with E-state index in [2.05, 4.69) is 9.97 Å². The van der Waals surface area contributed by atoms with Crippen LogP contribution >= 0.6 is 11.8 Å². The van der Waals surface area contributed by atoms with Gasteiger partial charge in [0.2, 0.25) is 11.8 Å². The van der Waals surface area contributed by atoms with Crippen molar-refractivity contribution < 1.29 is 9.90 Å². The molecular weight excluding hydrogens is 374 g/mol. The molecule has 0 saturated carbocycles. The minimum Gasteiger partial charge on any atom is -0.493 e. The molecule has 1 aliphatic rings. The Morgan fingerprint density at radius 2 is 1.68 bits per heavy atom. The van der Waals surface area contributed by atoms with Crippen molar-refractivity contribution in [3.8, 4) is 5.88 Å². The van der Waals surface area contributed by atoms with Crippen LogP contribution in [-0.2, 0) is 17.6 Å². The SMILES string of the molecule is CC(Sc1nc(O)cc(=O)[nH]1)C(=O)N1c2ccccc2CCc2ccccc21. The largest absolute Gasteiger partial charge is 0.493 e. The summed E-state index contributed by atoms with van der Waals surface area (Å²) in [5.41, 5.74) is 3.53. The monoisotopic (exact) mass is 393 g/mol. The van der Waals surface area contributed by atoms with Gasteiger partial charge in [-0.15, -0.1) is 0 Å². The van der Waals surface area contributed by atoms with Crippen LogP contribution in [-0.4, -0.2) is 26.2 Å². The minimum absolute atomic E-state index is 0.113. The van der Waals surface area contributed by atoms with Crippen molar-refractivity contribution in [3.63, 3.8) is 0 Å². The summed E-state index contributed by atoms with van der Waals surface area (Å²) < 4.78 is 0. The molecule has 0 fully saturated rings. The molecule has 142 valence electrons. The average molecular weight is 393 g/mol. The number of H-pyrrole nitrogens is 1. The standard InChI is InChI=1S/C21H19N3O3S/c1-13(28-21-22-18(25)12-19(26)23-21)20(27)24-16-8-4-2-6-14(16)10-11-15-7-3-5-9-17(15)24/h2-9,12-13H,10-11H2,1H3,(H2,22,23,25,26). The number of hydrogen-bond acceptors (Lipinski definition) is 5. The third-order valence-electron chi connectivity index (χ3n) is 4.69. The van der Waals surface area contributed by atoms with Gasteiger partial charge in [-0.2, -0.15) is 4.98 Å². The molecule has 2 N–H and O–H groups in total. The van der Waals surface area contributed by atoms with Crippen LogP contribution in [0.5, 0.6) is 5.88 Å². The molecule has 6 nitrogen and oxygen atoms in total. The number of para-hydroxylation sites is 2. The molecule has 2 aromatic carbocycles. The van der Waals surface area contributed by atoms with Gasteiger partial charge in [-0.1, -0.05) is 48.2 Å². The number of benzene rings is 2. The van der Waals surface area contributed by atoms with E-state index < -0.39 is 10.8 Å². The second-order valence-electron chi connectivity index (χ2n) is 6.60. The zero-order valence-corrected chi connectivity index (χ0v) is 16.1. The number of aryl methyl sites for hydroxylation is 2. The van der Waals surface area contributed by atoms with Crippen molar-refractivity contribution in [2.75, 3.05) is 4.90 Å². The predicted octanol–water partition coefficient (Wildman–Crippen LogP) is 3.42. The predicted molar refractivity (Wildman–Crippen MR) is 109 cm³/mol. The van der Waals surface area contributed by atoms with Crippen LogP contribution in [0.1, 0.15) is 18.1 Å². The van der Waals surface area contributed by atoms with E-state index >= 15 is 0 Å². The van der Waals surface area contributed by atoms with Gasteiger partial charge in [0, 0.05) is 0 Å². The maximum atomic E-state index is 13.5. The highest BCUT2D eigenvalue weighted by molar-refractivity contribution is 8.00. The molecule has 4 rings (SSSR count). The summed E-state index contributed by atoms with van der Waals surface area (Å²) in [6.45, 7) is 1.77. The number of carbonyl (C=O) groups is 1. The van der Waals surface area contributed by atoms with Gasteiger partial charge in [-0.3, -0.25) is 14.5 Å². The lowest BCUT2D eigenvalue weighted by Crippen LogP contribution is -2.33. The Labute approximate surface area is 166 Å². The number of nitrogens with one attached hydrogen (secondary N) is 1. The molecule has 7 heteroatoms. The number of anilines is 2. The lowest BCUT2D eigenvalue weighted by Gasteiger charge is -2.27. The first-order valence-corrected chi connectivity index (χ1v) is 9.87. The molecule has 3 aromatic rings. The van der Waals surface area contributed by atoms with Crippen molar-refractivity contribution in [1.29, 1.82) is 0 Å². The van der Waals surface area contributed by atoms with Crippen LogP contribution in [0.25, 0.3) is 0 Å². The van der Waals surface area contributed by atoms with Gasteiger partial charge in [-0.25, -0.2) is 0 Å². The normalized spacial score (nSPS) is 14.0. The first kappa shape index (κ1) is 18.3. The molecule has 1 aromatic heterocycles. The first-order chi connectivity index (χ1) is 13.5. The molecule has 0 radical (unpaired) electrons. The third-order valence-corrected chi connectivity index (χ3v) is 5.66. The van der Waals surface area contributed by atoms with Gasteiger partial charge >= 0.3 is 0 Å². The van der Waals surface area contributed by atoms with E-state index in [9.17, 15) is 14.7 Å². The topological polar surface area (TPSA) is 86.3 Å². The van der Waals surface area contributed by atoms with E-state index in [4.69, 9.17) is 0 Å². The highest BCUT2D eigenvalue weighted by atomic mass is 32.2. The molecule has 1 unspecified atom stereocenters. The summed E-state index contributed by atoms with van der Waals surface area (Å²) >= 11 is 1.11. The maximum Gasteiger partial charge on any atom is 0.255 e. The van der Waals surface area contributed by atoms with Crippen molar-refractivity contribution in [2.24, 2.45) is 0 Å². The van der Waals surface area contributed by atoms with Crippen molar-refractivity contribution in [1.82, 2.24) is 9.97 Å². The summed E-state index contributed by atoms with van der Waals surface area (Å²) in [4.78, 5) is 33.3. The summed E-state index contributed by atoms with van der Waals surface area (Å²) in [7, 11) is 0. The first-order valence-electron chi connectivity index (χ1n) is 8.99. The molecule has 1 aliphatic heterocycles. The average Bonchev–Trinajstić information content (AvgIpc) is 2.83. The van der Waals surface area contributed by atoms with E-state index in [0.29, 0.717) is 0 Å². The second-order valence-corrected chi connectivity index (χ2v) is 7.93. The van der Waals surface area contributed by atoms with Crippen LogP contribution in [0.2, 0.25) is 0 Å². The van der Waals surface area contributed by atoms with E-state index in [1.807, 2.05) is 48.5 Å². The van der Waals surface area contributed by atoms with Crippen molar-refractivity contribution >= 4 is 29.0 Å². The van der Waals surface area contributed by atoms with Crippen LogP contribution in [0, 0.1) is 0 Å². The molecule has 0 bridgehead atoms. The summed E-state index contributed by atoms with van der Waals surface area (Å²) in [5.74, 6) is -0.478. The number of aromatic hydroxyl groups is 1. The third kappa shape index (κ3) is 3.53. The highest BCUT2D eigenvalue weighted by Gasteiger charge is 2.29. The van der Waals surface area contributed by atoms with Gasteiger partial charge in [-0.05, 0) is 43.0 Å². The second kappa shape index (κ2) is 7.52. The lowest BCUT2D eigenvalue weighted by atomic mass is 10.0. The van der Waals surface area contributed by atoms with Crippen LogP contribution in [0.4, 0.5) is 11.4 Å². The molecule has 0 aliphatic carbocycles. The Kier molecular flexibility index (Phi) is 4.92. The van der Waals surface area contributed by atoms with Gasteiger partial charge in [0.1, 0.15) is 0 Å².